The summed E-state index contributed by atoms with van der Waals surface area (Å²) in [5.41, 5.74) is 1.48. The number of carbonyl (C=O) groups excluding carboxylic acids is 1. The standard InChI is InChI=1S/C18H19ClFN3O/c1-23-9-6-14(11-22-18(24)12-4-7-21-8-5-12)17(23)13-2-3-15(19)16(20)10-13/h2-5,7-8,10,14,17H,6,9,11H2,1H3,(H,22,24)/t14-,17+/m0/s1. The van der Waals surface area contributed by atoms with E-state index in [1.807, 2.05) is 13.1 Å². The molecule has 3 rings (SSSR count). The molecule has 0 unspecified atom stereocenters. The van der Waals surface area contributed by atoms with E-state index in [0.717, 1.165) is 18.5 Å². The molecule has 1 fully saturated rings. The van der Waals surface area contributed by atoms with Crippen molar-refractivity contribution in [2.75, 3.05) is 20.1 Å². The van der Waals surface area contributed by atoms with Crippen molar-refractivity contribution in [1.82, 2.24) is 15.2 Å². The molecule has 0 saturated carbocycles. The second-order valence-corrected chi connectivity index (χ2v) is 6.50. The largest absolute Gasteiger partial charge is 0.352 e. The van der Waals surface area contributed by atoms with Gasteiger partial charge in [-0.3, -0.25) is 14.7 Å². The number of pyridine rings is 1. The van der Waals surface area contributed by atoms with Gasteiger partial charge in [-0.2, -0.15) is 0 Å². The Morgan fingerprint density at radius 2 is 2.12 bits per heavy atom. The monoisotopic (exact) mass is 347 g/mol. The average Bonchev–Trinajstić information content (AvgIpc) is 2.96. The molecule has 1 saturated heterocycles. The number of nitrogens with zero attached hydrogens (tertiary/aromatic N) is 2. The summed E-state index contributed by atoms with van der Waals surface area (Å²) in [5.74, 6) is -0.302. The van der Waals surface area contributed by atoms with E-state index in [1.54, 1.807) is 30.6 Å². The first-order chi connectivity index (χ1) is 11.6. The topological polar surface area (TPSA) is 45.2 Å². The van der Waals surface area contributed by atoms with Gasteiger partial charge >= 0.3 is 0 Å². The van der Waals surface area contributed by atoms with Crippen LogP contribution in [-0.4, -0.2) is 35.9 Å². The molecule has 0 radical (unpaired) electrons. The zero-order chi connectivity index (χ0) is 17.1. The molecule has 24 heavy (non-hydrogen) atoms. The van der Waals surface area contributed by atoms with Gasteiger partial charge in [0.1, 0.15) is 5.82 Å². The molecule has 0 aliphatic carbocycles. The zero-order valence-electron chi connectivity index (χ0n) is 13.4. The van der Waals surface area contributed by atoms with Crippen molar-refractivity contribution in [3.8, 4) is 0 Å². The van der Waals surface area contributed by atoms with E-state index in [-0.39, 0.29) is 22.9 Å². The van der Waals surface area contributed by atoms with Crippen LogP contribution < -0.4 is 5.32 Å². The molecule has 2 heterocycles. The van der Waals surface area contributed by atoms with Crippen LogP contribution in [0.25, 0.3) is 0 Å². The maximum absolute atomic E-state index is 13.8. The van der Waals surface area contributed by atoms with E-state index in [9.17, 15) is 9.18 Å². The molecule has 4 nitrogen and oxygen atoms in total. The number of aromatic nitrogens is 1. The number of likely N-dealkylation sites (tertiary alicyclic amines) is 1. The van der Waals surface area contributed by atoms with E-state index in [2.05, 4.69) is 15.2 Å². The number of rotatable bonds is 4. The van der Waals surface area contributed by atoms with Crippen molar-refractivity contribution in [3.05, 3.63) is 64.7 Å². The van der Waals surface area contributed by atoms with Crippen LogP contribution in [0.5, 0.6) is 0 Å². The maximum Gasteiger partial charge on any atom is 0.251 e. The van der Waals surface area contributed by atoms with E-state index in [0.29, 0.717) is 12.1 Å². The molecule has 6 heteroatoms. The van der Waals surface area contributed by atoms with Gasteiger partial charge < -0.3 is 5.32 Å². The van der Waals surface area contributed by atoms with Gasteiger partial charge in [-0.25, -0.2) is 4.39 Å². The van der Waals surface area contributed by atoms with Gasteiger partial charge in [0.2, 0.25) is 0 Å². The fraction of sp³-hybridized carbons (Fsp3) is 0.333. The summed E-state index contributed by atoms with van der Waals surface area (Å²) < 4.78 is 13.8. The summed E-state index contributed by atoms with van der Waals surface area (Å²) in [6.45, 7) is 1.45. The predicted octanol–water partition coefficient (Wildman–Crippen LogP) is 3.30. The van der Waals surface area contributed by atoms with Gasteiger partial charge in [-0.1, -0.05) is 17.7 Å². The number of nitrogens with one attached hydrogen (secondary N) is 1. The molecule has 1 aliphatic rings. The fourth-order valence-electron chi connectivity index (χ4n) is 3.29. The van der Waals surface area contributed by atoms with E-state index in [1.165, 1.54) is 6.07 Å². The molecular formula is C18H19ClFN3O. The molecule has 1 amide bonds. The molecule has 1 N–H and O–H groups in total. The molecule has 1 aromatic heterocycles. The molecule has 1 aromatic carbocycles. The van der Waals surface area contributed by atoms with Crippen LogP contribution in [0.2, 0.25) is 5.02 Å². The molecule has 1 aliphatic heterocycles. The van der Waals surface area contributed by atoms with Crippen LogP contribution in [0.4, 0.5) is 4.39 Å². The van der Waals surface area contributed by atoms with E-state index >= 15 is 0 Å². The van der Waals surface area contributed by atoms with Gasteiger partial charge in [0.25, 0.3) is 5.91 Å². The quantitative estimate of drug-likeness (QED) is 0.923. The number of benzene rings is 1. The zero-order valence-corrected chi connectivity index (χ0v) is 14.1. The van der Waals surface area contributed by atoms with Crippen LogP contribution >= 0.6 is 11.6 Å². The third kappa shape index (κ3) is 3.57. The minimum Gasteiger partial charge on any atom is -0.352 e. The molecule has 126 valence electrons. The second kappa shape index (κ2) is 7.28. The number of carbonyl (C=O) groups is 1. The number of hydrogen-bond acceptors (Lipinski definition) is 3. The maximum atomic E-state index is 13.8. The minimum absolute atomic E-state index is 0.0644. The third-order valence-corrected chi connectivity index (χ3v) is 4.83. The Balaban J connectivity index is 1.70. The Labute approximate surface area is 145 Å². The lowest BCUT2D eigenvalue weighted by Gasteiger charge is -2.26. The van der Waals surface area contributed by atoms with Gasteiger partial charge in [-0.05, 0) is 55.8 Å². The normalized spacial score (nSPS) is 21.0. The highest BCUT2D eigenvalue weighted by Gasteiger charge is 2.33. The van der Waals surface area contributed by atoms with Crippen molar-refractivity contribution in [3.63, 3.8) is 0 Å². The lowest BCUT2D eigenvalue weighted by Crippen LogP contribution is -2.32. The molecular weight excluding hydrogens is 329 g/mol. The van der Waals surface area contributed by atoms with Crippen molar-refractivity contribution >= 4 is 17.5 Å². The Morgan fingerprint density at radius 3 is 2.83 bits per heavy atom. The second-order valence-electron chi connectivity index (χ2n) is 6.09. The number of amides is 1. The van der Waals surface area contributed by atoms with Crippen molar-refractivity contribution in [2.24, 2.45) is 5.92 Å². The van der Waals surface area contributed by atoms with E-state index < -0.39 is 5.82 Å². The van der Waals surface area contributed by atoms with Crippen LogP contribution in [-0.2, 0) is 0 Å². The van der Waals surface area contributed by atoms with E-state index in [4.69, 9.17) is 11.6 Å². The summed E-state index contributed by atoms with van der Waals surface area (Å²) in [6.07, 6.45) is 4.14. The minimum atomic E-state index is -0.408. The summed E-state index contributed by atoms with van der Waals surface area (Å²) in [4.78, 5) is 18.3. The highest BCUT2D eigenvalue weighted by atomic mass is 35.5. The SMILES string of the molecule is CN1CC[C@@H](CNC(=O)c2ccncc2)[C@H]1c1ccc(Cl)c(F)c1. The van der Waals surface area contributed by atoms with Gasteiger partial charge in [0.15, 0.2) is 0 Å². The summed E-state index contributed by atoms with van der Waals surface area (Å²) in [6, 6.07) is 8.37. The Hall–Kier alpha value is -1.98. The summed E-state index contributed by atoms with van der Waals surface area (Å²) >= 11 is 5.78. The van der Waals surface area contributed by atoms with Crippen LogP contribution in [0.3, 0.4) is 0 Å². The van der Waals surface area contributed by atoms with Gasteiger partial charge in [0.05, 0.1) is 5.02 Å². The number of hydrogen-bond donors (Lipinski definition) is 1. The van der Waals surface area contributed by atoms with Crippen LogP contribution in [0.15, 0.2) is 42.7 Å². The molecule has 2 aromatic rings. The lowest BCUT2D eigenvalue weighted by molar-refractivity contribution is 0.0943. The van der Waals surface area contributed by atoms with Gasteiger partial charge in [0, 0.05) is 30.5 Å². The molecule has 0 spiro atoms. The molecule has 0 bridgehead atoms. The van der Waals surface area contributed by atoms with Crippen LogP contribution in [0, 0.1) is 11.7 Å². The Morgan fingerprint density at radius 1 is 1.38 bits per heavy atom. The van der Waals surface area contributed by atoms with Crippen molar-refractivity contribution in [2.45, 2.75) is 12.5 Å². The smallest absolute Gasteiger partial charge is 0.251 e. The van der Waals surface area contributed by atoms with Gasteiger partial charge in [-0.15, -0.1) is 0 Å². The lowest BCUT2D eigenvalue weighted by atomic mass is 9.93. The summed E-state index contributed by atoms with van der Waals surface area (Å²) in [5, 5.41) is 3.10. The number of halogens is 2. The highest BCUT2D eigenvalue weighted by Crippen LogP contribution is 2.36. The first-order valence-electron chi connectivity index (χ1n) is 7.89. The average molecular weight is 348 g/mol. The Kier molecular flexibility index (Phi) is 5.11. The fourth-order valence-corrected chi connectivity index (χ4v) is 3.41. The van der Waals surface area contributed by atoms with Crippen molar-refractivity contribution in [1.29, 1.82) is 0 Å². The first kappa shape index (κ1) is 16.9. The third-order valence-electron chi connectivity index (χ3n) is 4.53. The summed E-state index contributed by atoms with van der Waals surface area (Å²) in [7, 11) is 2.02. The Bertz CT molecular complexity index is 725. The predicted molar refractivity (Wildman–Crippen MR) is 91.5 cm³/mol. The molecule has 2 atom stereocenters. The highest BCUT2D eigenvalue weighted by molar-refractivity contribution is 6.30. The first-order valence-corrected chi connectivity index (χ1v) is 8.27. The van der Waals surface area contributed by atoms with Crippen LogP contribution in [0.1, 0.15) is 28.4 Å². The van der Waals surface area contributed by atoms with Crippen molar-refractivity contribution < 1.29 is 9.18 Å².